The lowest BCUT2D eigenvalue weighted by Crippen LogP contribution is -2.31. The molecule has 45 heavy (non-hydrogen) atoms. The normalized spacial score (nSPS) is 11.0. The van der Waals surface area contributed by atoms with Crippen LogP contribution in [0.25, 0.3) is 0 Å². The van der Waals surface area contributed by atoms with Gasteiger partial charge in [-0.15, -0.1) is 0 Å². The Kier molecular flexibility index (Phi) is 26.4. The van der Waals surface area contributed by atoms with E-state index in [0.717, 1.165) is 0 Å². The van der Waals surface area contributed by atoms with Gasteiger partial charge in [0.25, 0.3) is 5.69 Å². The lowest BCUT2D eigenvalue weighted by Gasteiger charge is -2.09. The number of ether oxygens (including phenoxy) is 10. The topological polar surface area (TPSA) is 202 Å². The number of carboxylic acid groups (broad SMARTS) is 1. The Balaban J connectivity index is 1.68. The predicted octanol–water partition coefficient (Wildman–Crippen LogP) is 0.324. The first-order chi connectivity index (χ1) is 22.0. The smallest absolute Gasteiger partial charge is 0.329 e. The van der Waals surface area contributed by atoms with Gasteiger partial charge in [-0.05, 0) is 12.1 Å². The molecule has 0 aliphatic rings. The van der Waals surface area contributed by atoms with Crippen molar-refractivity contribution in [1.29, 1.82) is 0 Å². The molecule has 1 amide bonds. The minimum absolute atomic E-state index is 0.0166. The van der Waals surface area contributed by atoms with Crippen molar-refractivity contribution >= 4 is 17.6 Å². The molecule has 0 aliphatic heterocycles. The van der Waals surface area contributed by atoms with Crippen LogP contribution in [0.2, 0.25) is 0 Å². The third-order valence-corrected chi connectivity index (χ3v) is 5.18. The van der Waals surface area contributed by atoms with Gasteiger partial charge in [-0.1, -0.05) is 0 Å². The van der Waals surface area contributed by atoms with Gasteiger partial charge in [-0.3, -0.25) is 14.9 Å². The molecule has 0 fully saturated rings. The minimum Gasteiger partial charge on any atom is -0.491 e. The van der Waals surface area contributed by atoms with Gasteiger partial charge in [0.2, 0.25) is 5.91 Å². The van der Waals surface area contributed by atoms with Crippen molar-refractivity contribution in [2.45, 2.75) is 0 Å². The summed E-state index contributed by atoms with van der Waals surface area (Å²) in [6, 6.07) is 5.87. The first kappa shape index (κ1) is 40.0. The molecule has 1 aromatic rings. The molecule has 0 radical (unpaired) electrons. The lowest BCUT2D eigenvalue weighted by molar-refractivity contribution is -0.384. The molecular weight excluding hydrogens is 604 g/mol. The van der Waals surface area contributed by atoms with Crippen molar-refractivity contribution in [3.8, 4) is 5.75 Å². The molecule has 0 spiro atoms. The quantitative estimate of drug-likeness (QED) is 0.0598. The number of nitro groups is 1. The highest BCUT2D eigenvalue weighted by Crippen LogP contribution is 2.17. The molecule has 0 bridgehead atoms. The molecule has 0 heterocycles. The molecule has 1 aromatic carbocycles. The largest absolute Gasteiger partial charge is 0.491 e. The Bertz CT molecular complexity index is 876. The molecule has 258 valence electrons. The van der Waals surface area contributed by atoms with Crippen LogP contribution in [0.15, 0.2) is 24.3 Å². The van der Waals surface area contributed by atoms with E-state index in [1.165, 1.54) is 12.1 Å². The minimum atomic E-state index is -1.13. The SMILES string of the molecule is O=C(O)COCC(=O)NCCOCCOCCOCCOCCOCCOCCOCCOCCOc1ccc([N+](=O)[O-])cc1. The van der Waals surface area contributed by atoms with Crippen LogP contribution in [0.3, 0.4) is 0 Å². The van der Waals surface area contributed by atoms with E-state index >= 15 is 0 Å². The van der Waals surface area contributed by atoms with Gasteiger partial charge < -0.3 is 57.8 Å². The highest BCUT2D eigenvalue weighted by Gasteiger charge is 2.05. The van der Waals surface area contributed by atoms with E-state index in [1.54, 1.807) is 12.1 Å². The second-order valence-corrected chi connectivity index (χ2v) is 8.73. The number of carbonyl (C=O) groups is 2. The molecule has 2 N–H and O–H groups in total. The van der Waals surface area contributed by atoms with Gasteiger partial charge in [0, 0.05) is 18.7 Å². The Hall–Kier alpha value is -3.00. The standard InChI is InChI=1S/C28H46N2O15/c31-27(23-44-24-28(32)33)29-5-6-36-7-8-37-9-10-38-11-12-39-13-14-40-15-16-41-17-18-42-19-20-43-21-22-45-26-3-1-25(2-4-26)30(34)35/h1-4H,5-24H2,(H,29,31)(H,32,33). The number of non-ortho nitro benzene ring substituents is 1. The number of hydrogen-bond donors (Lipinski definition) is 2. The van der Waals surface area contributed by atoms with Crippen molar-refractivity contribution in [3.63, 3.8) is 0 Å². The van der Waals surface area contributed by atoms with E-state index in [4.69, 9.17) is 47.7 Å². The summed E-state index contributed by atoms with van der Waals surface area (Å²) in [5.41, 5.74) is 0.0166. The first-order valence-electron chi connectivity index (χ1n) is 14.5. The number of benzene rings is 1. The van der Waals surface area contributed by atoms with Crippen LogP contribution in [0.5, 0.6) is 5.75 Å². The van der Waals surface area contributed by atoms with Crippen molar-refractivity contribution in [2.24, 2.45) is 0 Å². The molecule has 0 saturated carbocycles. The zero-order valence-electron chi connectivity index (χ0n) is 25.6. The monoisotopic (exact) mass is 650 g/mol. The summed E-state index contributed by atoms with van der Waals surface area (Å²) in [4.78, 5) is 31.8. The summed E-state index contributed by atoms with van der Waals surface area (Å²) < 4.78 is 53.3. The van der Waals surface area contributed by atoms with Crippen molar-refractivity contribution < 1.29 is 67.0 Å². The Morgan fingerprint density at radius 1 is 0.578 bits per heavy atom. The van der Waals surface area contributed by atoms with Gasteiger partial charge in [0.15, 0.2) is 0 Å². The predicted molar refractivity (Wildman–Crippen MR) is 157 cm³/mol. The summed E-state index contributed by atoms with van der Waals surface area (Å²) in [6.45, 7) is 6.57. The van der Waals surface area contributed by atoms with Crippen LogP contribution >= 0.6 is 0 Å². The summed E-state index contributed by atoms with van der Waals surface area (Å²) in [6.07, 6.45) is 0. The zero-order chi connectivity index (χ0) is 32.6. The number of rotatable bonds is 33. The Morgan fingerprint density at radius 2 is 0.956 bits per heavy atom. The van der Waals surface area contributed by atoms with E-state index in [2.05, 4.69) is 10.1 Å². The molecule has 17 nitrogen and oxygen atoms in total. The summed E-state index contributed by atoms with van der Waals surface area (Å²) in [7, 11) is 0. The van der Waals surface area contributed by atoms with E-state index in [0.29, 0.717) is 125 Å². The van der Waals surface area contributed by atoms with Crippen LogP contribution in [-0.2, 0) is 52.2 Å². The fourth-order valence-electron chi connectivity index (χ4n) is 3.07. The highest BCUT2D eigenvalue weighted by atomic mass is 16.6. The summed E-state index contributed by atoms with van der Waals surface area (Å²) in [5, 5.41) is 21.6. The number of aliphatic carboxylic acids is 1. The molecular formula is C28H46N2O15. The average molecular weight is 651 g/mol. The maximum atomic E-state index is 11.3. The number of carboxylic acids is 1. The van der Waals surface area contributed by atoms with Crippen molar-refractivity contribution in [1.82, 2.24) is 5.32 Å². The molecule has 0 unspecified atom stereocenters. The lowest BCUT2D eigenvalue weighted by atomic mass is 10.3. The molecule has 0 atom stereocenters. The van der Waals surface area contributed by atoms with Crippen LogP contribution < -0.4 is 10.1 Å². The fourth-order valence-corrected chi connectivity index (χ4v) is 3.07. The Morgan fingerprint density at radius 3 is 1.33 bits per heavy atom. The zero-order valence-corrected chi connectivity index (χ0v) is 25.6. The number of hydrogen-bond acceptors (Lipinski definition) is 14. The second kappa shape index (κ2) is 29.7. The molecule has 1 rings (SSSR count). The van der Waals surface area contributed by atoms with E-state index < -0.39 is 23.4 Å². The van der Waals surface area contributed by atoms with Gasteiger partial charge in [0.1, 0.15) is 25.6 Å². The van der Waals surface area contributed by atoms with Crippen LogP contribution in [-0.4, -0.2) is 154 Å². The number of amides is 1. The third kappa shape index (κ3) is 27.1. The maximum absolute atomic E-state index is 11.3. The van der Waals surface area contributed by atoms with Gasteiger partial charge in [-0.2, -0.15) is 0 Å². The van der Waals surface area contributed by atoms with E-state index in [1.807, 2.05) is 0 Å². The summed E-state index contributed by atoms with van der Waals surface area (Å²) >= 11 is 0. The van der Waals surface area contributed by atoms with E-state index in [9.17, 15) is 19.7 Å². The maximum Gasteiger partial charge on any atom is 0.329 e. The molecule has 0 aliphatic carbocycles. The fraction of sp³-hybridized carbons (Fsp3) is 0.714. The van der Waals surface area contributed by atoms with Crippen molar-refractivity contribution in [3.05, 3.63) is 34.4 Å². The molecule has 0 aromatic heterocycles. The van der Waals surface area contributed by atoms with Gasteiger partial charge in [-0.25, -0.2) is 4.79 Å². The number of nitrogens with zero attached hydrogens (tertiary/aromatic N) is 1. The van der Waals surface area contributed by atoms with Crippen LogP contribution in [0, 0.1) is 10.1 Å². The van der Waals surface area contributed by atoms with Crippen molar-refractivity contribution in [2.75, 3.05) is 132 Å². The van der Waals surface area contributed by atoms with Gasteiger partial charge >= 0.3 is 5.97 Å². The average Bonchev–Trinajstić information content (AvgIpc) is 3.02. The van der Waals surface area contributed by atoms with Crippen LogP contribution in [0.1, 0.15) is 0 Å². The number of carbonyl (C=O) groups excluding carboxylic acids is 1. The van der Waals surface area contributed by atoms with E-state index in [-0.39, 0.29) is 12.3 Å². The first-order valence-corrected chi connectivity index (χ1v) is 14.5. The number of nitro benzene ring substituents is 1. The third-order valence-electron chi connectivity index (χ3n) is 5.18. The number of nitrogens with one attached hydrogen (secondary N) is 1. The Labute approximate surface area is 262 Å². The summed E-state index contributed by atoms with van der Waals surface area (Å²) in [5.74, 6) is -0.988. The van der Waals surface area contributed by atoms with Crippen LogP contribution in [0.4, 0.5) is 5.69 Å². The molecule has 17 heteroatoms. The van der Waals surface area contributed by atoms with Gasteiger partial charge in [0.05, 0.1) is 111 Å². The second-order valence-electron chi connectivity index (χ2n) is 8.73. The molecule has 0 saturated heterocycles. The highest BCUT2D eigenvalue weighted by molar-refractivity contribution is 5.77.